The Morgan fingerprint density at radius 2 is 1.76 bits per heavy atom. The molecule has 1 aliphatic heterocycles. The zero-order valence-corrected chi connectivity index (χ0v) is 15.9. The Labute approximate surface area is 150 Å². The molecule has 0 saturated carbocycles. The van der Waals surface area contributed by atoms with Crippen LogP contribution in [0.4, 0.5) is 0 Å². The number of carbonyl (C=O) groups excluding carboxylic acids is 2. The number of nitrogens with zero attached hydrogens (tertiary/aromatic N) is 1. The molecule has 1 aromatic carbocycles. The van der Waals surface area contributed by atoms with Crippen LogP contribution in [0.2, 0.25) is 0 Å². The number of hydrogen-bond donors (Lipinski definition) is 1. The first-order valence-corrected chi connectivity index (χ1v) is 9.17. The second kappa shape index (κ2) is 7.85. The Bertz CT molecular complexity index is 671. The summed E-state index contributed by atoms with van der Waals surface area (Å²) in [7, 11) is 0. The Hall–Kier alpha value is -2.10. The second-order valence-electron chi connectivity index (χ2n) is 7.36. The molecule has 1 aliphatic rings. The molecule has 1 N–H and O–H groups in total. The lowest BCUT2D eigenvalue weighted by Crippen LogP contribution is -2.32. The summed E-state index contributed by atoms with van der Waals surface area (Å²) < 4.78 is 0. The molecule has 0 saturated heterocycles. The molecular weight excluding hydrogens is 314 g/mol. The highest BCUT2D eigenvalue weighted by Crippen LogP contribution is 2.39. The van der Waals surface area contributed by atoms with Crippen molar-refractivity contribution < 1.29 is 14.7 Å². The van der Waals surface area contributed by atoms with Crippen LogP contribution >= 0.6 is 0 Å². The normalized spacial score (nSPS) is 18.0. The molecule has 25 heavy (non-hydrogen) atoms. The number of carbonyl (C=O) groups is 2. The summed E-state index contributed by atoms with van der Waals surface area (Å²) in [6.45, 7) is 10.4. The van der Waals surface area contributed by atoms with Crippen LogP contribution in [-0.2, 0) is 9.59 Å². The van der Waals surface area contributed by atoms with Gasteiger partial charge in [0.25, 0.3) is 5.91 Å². The van der Waals surface area contributed by atoms with Crippen LogP contribution < -0.4 is 0 Å². The van der Waals surface area contributed by atoms with Gasteiger partial charge in [0.1, 0.15) is 0 Å². The molecule has 1 unspecified atom stereocenters. The molecule has 0 aromatic heterocycles. The third-order valence-electron chi connectivity index (χ3n) is 4.76. The molecule has 0 radical (unpaired) electrons. The van der Waals surface area contributed by atoms with E-state index >= 15 is 0 Å². The zero-order chi connectivity index (χ0) is 18.7. The lowest BCUT2D eigenvalue weighted by Gasteiger charge is -2.27. The molecule has 2 rings (SSSR count). The molecule has 136 valence electrons. The van der Waals surface area contributed by atoms with Crippen molar-refractivity contribution in [3.63, 3.8) is 0 Å². The van der Waals surface area contributed by atoms with Gasteiger partial charge < -0.3 is 10.0 Å². The standard InChI is InChI=1S/C21H29NO3/c1-6-7-12-22-18(16-10-8-15(9-11-16)13(2)3)17(19(23)14(4)5)20(24)21(22)25/h8-11,13-14,18,24H,6-7,12H2,1-5H3. The number of aliphatic hydroxyl groups excluding tert-OH is 1. The third-order valence-corrected chi connectivity index (χ3v) is 4.76. The first-order chi connectivity index (χ1) is 11.8. The summed E-state index contributed by atoms with van der Waals surface area (Å²) in [4.78, 5) is 26.9. The van der Waals surface area contributed by atoms with Crippen LogP contribution in [0.3, 0.4) is 0 Å². The van der Waals surface area contributed by atoms with E-state index in [1.54, 1.807) is 18.7 Å². The predicted molar refractivity (Wildman–Crippen MR) is 99.4 cm³/mol. The third kappa shape index (κ3) is 3.78. The average Bonchev–Trinajstić information content (AvgIpc) is 2.83. The predicted octanol–water partition coefficient (Wildman–Crippen LogP) is 4.53. The fourth-order valence-electron chi connectivity index (χ4n) is 3.19. The van der Waals surface area contributed by atoms with Crippen LogP contribution in [0.1, 0.15) is 70.5 Å². The minimum atomic E-state index is -0.491. The van der Waals surface area contributed by atoms with E-state index in [9.17, 15) is 14.7 Å². The van der Waals surface area contributed by atoms with Crippen molar-refractivity contribution in [1.29, 1.82) is 0 Å². The van der Waals surface area contributed by atoms with E-state index in [2.05, 4.69) is 20.8 Å². The molecule has 4 heteroatoms. The molecule has 0 bridgehead atoms. The molecule has 4 nitrogen and oxygen atoms in total. The summed E-state index contributed by atoms with van der Waals surface area (Å²) in [5.41, 5.74) is 2.33. The minimum absolute atomic E-state index is 0.164. The number of Topliss-reactive ketones (excluding diaryl/α,β-unsaturated/α-hetero) is 1. The van der Waals surface area contributed by atoms with Crippen LogP contribution in [0.25, 0.3) is 0 Å². The summed E-state index contributed by atoms with van der Waals surface area (Å²) in [6, 6.07) is 7.52. The van der Waals surface area contributed by atoms with Gasteiger partial charge in [-0.15, -0.1) is 0 Å². The smallest absolute Gasteiger partial charge is 0.290 e. The monoisotopic (exact) mass is 343 g/mol. The maximum absolute atomic E-state index is 12.7. The number of unbranched alkanes of at least 4 members (excludes halogenated alkanes) is 1. The molecule has 0 spiro atoms. The Morgan fingerprint density at radius 1 is 1.16 bits per heavy atom. The van der Waals surface area contributed by atoms with Crippen LogP contribution in [0, 0.1) is 5.92 Å². The Kier molecular flexibility index (Phi) is 6.04. The van der Waals surface area contributed by atoms with Crippen LogP contribution in [0.15, 0.2) is 35.6 Å². The van der Waals surface area contributed by atoms with Gasteiger partial charge in [-0.2, -0.15) is 0 Å². The van der Waals surface area contributed by atoms with Crippen molar-refractivity contribution in [3.05, 3.63) is 46.7 Å². The van der Waals surface area contributed by atoms with E-state index in [0.717, 1.165) is 18.4 Å². The van der Waals surface area contributed by atoms with E-state index in [4.69, 9.17) is 0 Å². The second-order valence-corrected chi connectivity index (χ2v) is 7.36. The number of hydrogen-bond acceptors (Lipinski definition) is 3. The van der Waals surface area contributed by atoms with Gasteiger partial charge in [-0.1, -0.05) is 65.3 Å². The maximum Gasteiger partial charge on any atom is 0.290 e. The Balaban J connectivity index is 2.48. The number of aliphatic hydroxyl groups is 1. The molecule has 1 heterocycles. The fraction of sp³-hybridized carbons (Fsp3) is 0.524. The summed E-state index contributed by atoms with van der Waals surface area (Å²) >= 11 is 0. The van der Waals surface area contributed by atoms with E-state index in [-0.39, 0.29) is 23.0 Å². The maximum atomic E-state index is 12.7. The number of rotatable bonds is 7. The van der Waals surface area contributed by atoms with Gasteiger partial charge in [0.15, 0.2) is 11.5 Å². The van der Waals surface area contributed by atoms with Gasteiger partial charge in [-0.3, -0.25) is 9.59 Å². The van der Waals surface area contributed by atoms with Gasteiger partial charge in [0, 0.05) is 12.5 Å². The van der Waals surface area contributed by atoms with Gasteiger partial charge >= 0.3 is 0 Å². The number of benzene rings is 1. The highest BCUT2D eigenvalue weighted by Gasteiger charge is 2.43. The molecular formula is C21H29NO3. The molecule has 0 aliphatic carbocycles. The number of amides is 1. The van der Waals surface area contributed by atoms with Crippen LogP contribution in [-0.4, -0.2) is 28.2 Å². The molecule has 1 amide bonds. The average molecular weight is 343 g/mol. The van der Waals surface area contributed by atoms with Gasteiger partial charge in [0.2, 0.25) is 0 Å². The Morgan fingerprint density at radius 3 is 2.24 bits per heavy atom. The van der Waals surface area contributed by atoms with E-state index in [0.29, 0.717) is 12.5 Å². The first-order valence-electron chi connectivity index (χ1n) is 9.17. The minimum Gasteiger partial charge on any atom is -0.503 e. The summed E-state index contributed by atoms with van der Waals surface area (Å²) in [6.07, 6.45) is 1.78. The van der Waals surface area contributed by atoms with Gasteiger partial charge in [0.05, 0.1) is 11.6 Å². The zero-order valence-electron chi connectivity index (χ0n) is 15.9. The topological polar surface area (TPSA) is 57.6 Å². The van der Waals surface area contributed by atoms with Crippen molar-refractivity contribution in [3.8, 4) is 0 Å². The molecule has 1 aromatic rings. The van der Waals surface area contributed by atoms with Gasteiger partial charge in [-0.05, 0) is 23.5 Å². The first kappa shape index (κ1) is 19.2. The summed E-state index contributed by atoms with van der Waals surface area (Å²) in [5.74, 6) is -0.837. The van der Waals surface area contributed by atoms with E-state index in [1.165, 1.54) is 5.56 Å². The largest absolute Gasteiger partial charge is 0.503 e. The molecule has 0 fully saturated rings. The quantitative estimate of drug-likeness (QED) is 0.791. The van der Waals surface area contributed by atoms with Crippen LogP contribution in [0.5, 0.6) is 0 Å². The van der Waals surface area contributed by atoms with Crippen molar-refractivity contribution >= 4 is 11.7 Å². The fourth-order valence-corrected chi connectivity index (χ4v) is 3.19. The van der Waals surface area contributed by atoms with Crippen molar-refractivity contribution in [1.82, 2.24) is 4.90 Å². The van der Waals surface area contributed by atoms with Gasteiger partial charge in [-0.25, -0.2) is 0 Å². The lowest BCUT2D eigenvalue weighted by molar-refractivity contribution is -0.129. The highest BCUT2D eigenvalue weighted by molar-refractivity contribution is 6.09. The van der Waals surface area contributed by atoms with Crippen molar-refractivity contribution in [2.24, 2.45) is 5.92 Å². The number of ketones is 1. The van der Waals surface area contributed by atoms with E-state index < -0.39 is 11.9 Å². The molecule has 1 atom stereocenters. The SMILES string of the molecule is CCCCN1C(=O)C(O)=C(C(=O)C(C)C)C1c1ccc(C(C)C)cc1. The van der Waals surface area contributed by atoms with Crippen molar-refractivity contribution in [2.45, 2.75) is 59.4 Å². The lowest BCUT2D eigenvalue weighted by atomic mass is 9.90. The highest BCUT2D eigenvalue weighted by atomic mass is 16.3. The summed E-state index contributed by atoms with van der Waals surface area (Å²) in [5, 5.41) is 10.4. The van der Waals surface area contributed by atoms with Crippen molar-refractivity contribution in [2.75, 3.05) is 6.54 Å². The van der Waals surface area contributed by atoms with E-state index in [1.807, 2.05) is 24.3 Å².